The number of ether oxygens (including phenoxy) is 1. The highest BCUT2D eigenvalue weighted by Gasteiger charge is 2.23. The Kier molecular flexibility index (Phi) is 5.26. The van der Waals surface area contributed by atoms with Crippen molar-refractivity contribution in [3.05, 3.63) is 29.3 Å². The summed E-state index contributed by atoms with van der Waals surface area (Å²) in [5, 5.41) is 8.94. The van der Waals surface area contributed by atoms with Crippen molar-refractivity contribution >= 4 is 10.0 Å². The molecule has 2 N–H and O–H groups in total. The molecule has 1 aromatic rings. The molecule has 0 saturated carbocycles. The zero-order valence-corrected chi connectivity index (χ0v) is 12.1. The second-order valence-electron chi connectivity index (χ2n) is 4.87. The lowest BCUT2D eigenvalue weighted by Gasteiger charge is -2.12. The standard InChI is InChI=1S/C13H17F2NO4S/c14-11-6-9(8-17)7-12(13(11)15)21(18,19)16-4-3-10-2-1-5-20-10/h6-7,10,16-17H,1-5,8H2. The van der Waals surface area contributed by atoms with Crippen LogP contribution >= 0.6 is 0 Å². The molecule has 1 aliphatic heterocycles. The molecular formula is C13H17F2NO4S. The Morgan fingerprint density at radius 3 is 2.76 bits per heavy atom. The van der Waals surface area contributed by atoms with E-state index in [-0.39, 0.29) is 18.2 Å². The van der Waals surface area contributed by atoms with Crippen LogP contribution < -0.4 is 4.72 Å². The Morgan fingerprint density at radius 2 is 2.14 bits per heavy atom. The third kappa shape index (κ3) is 3.97. The van der Waals surface area contributed by atoms with E-state index in [0.29, 0.717) is 13.0 Å². The molecule has 118 valence electrons. The fraction of sp³-hybridized carbons (Fsp3) is 0.538. The fourth-order valence-corrected chi connectivity index (χ4v) is 3.39. The Morgan fingerprint density at radius 1 is 1.38 bits per heavy atom. The monoisotopic (exact) mass is 321 g/mol. The van der Waals surface area contributed by atoms with Gasteiger partial charge in [0.2, 0.25) is 10.0 Å². The van der Waals surface area contributed by atoms with Gasteiger partial charge in [-0.3, -0.25) is 0 Å². The minimum atomic E-state index is -4.17. The lowest BCUT2D eigenvalue weighted by Crippen LogP contribution is -2.28. The van der Waals surface area contributed by atoms with E-state index in [1.54, 1.807) is 0 Å². The molecule has 1 aliphatic rings. The van der Waals surface area contributed by atoms with Crippen LogP contribution in [0.15, 0.2) is 17.0 Å². The van der Waals surface area contributed by atoms with Crippen LogP contribution in [0.3, 0.4) is 0 Å². The first-order valence-corrected chi connectivity index (χ1v) is 8.12. The van der Waals surface area contributed by atoms with E-state index in [1.807, 2.05) is 0 Å². The number of nitrogens with one attached hydrogen (secondary N) is 1. The predicted octanol–water partition coefficient (Wildman–Crippen LogP) is 1.30. The highest BCUT2D eigenvalue weighted by atomic mass is 32.2. The van der Waals surface area contributed by atoms with Crippen molar-refractivity contribution in [1.29, 1.82) is 0 Å². The summed E-state index contributed by atoms with van der Waals surface area (Å²) in [6.45, 7) is 0.169. The number of aliphatic hydroxyl groups is 1. The van der Waals surface area contributed by atoms with E-state index < -0.39 is 33.2 Å². The van der Waals surface area contributed by atoms with Crippen molar-refractivity contribution in [3.63, 3.8) is 0 Å². The van der Waals surface area contributed by atoms with Crippen LogP contribution in [0.2, 0.25) is 0 Å². The molecule has 0 spiro atoms. The van der Waals surface area contributed by atoms with Gasteiger partial charge in [-0.1, -0.05) is 0 Å². The molecule has 1 aromatic carbocycles. The number of benzene rings is 1. The first-order chi connectivity index (χ1) is 9.94. The van der Waals surface area contributed by atoms with Gasteiger partial charge in [0.1, 0.15) is 4.90 Å². The molecule has 1 heterocycles. The second kappa shape index (κ2) is 6.78. The van der Waals surface area contributed by atoms with Gasteiger partial charge in [0.15, 0.2) is 11.6 Å². The van der Waals surface area contributed by atoms with Crippen molar-refractivity contribution in [2.24, 2.45) is 0 Å². The lowest BCUT2D eigenvalue weighted by atomic mass is 10.2. The summed E-state index contributed by atoms with van der Waals surface area (Å²) in [5.74, 6) is -2.75. The normalized spacial score (nSPS) is 19.1. The van der Waals surface area contributed by atoms with Gasteiger partial charge in [-0.05, 0) is 37.0 Å². The molecule has 5 nitrogen and oxygen atoms in total. The Labute approximate surface area is 122 Å². The number of aliphatic hydroxyl groups excluding tert-OH is 1. The average molecular weight is 321 g/mol. The highest BCUT2D eigenvalue weighted by molar-refractivity contribution is 7.89. The molecule has 0 radical (unpaired) electrons. The SMILES string of the molecule is O=S(=O)(NCCC1CCCO1)c1cc(CO)cc(F)c1F. The quantitative estimate of drug-likeness (QED) is 0.828. The molecule has 0 aliphatic carbocycles. The number of halogens is 2. The van der Waals surface area contributed by atoms with Gasteiger partial charge in [-0.15, -0.1) is 0 Å². The first-order valence-electron chi connectivity index (χ1n) is 6.64. The summed E-state index contributed by atoms with van der Waals surface area (Å²) < 4.78 is 58.6. The smallest absolute Gasteiger partial charge is 0.243 e. The summed E-state index contributed by atoms with van der Waals surface area (Å²) in [7, 11) is -4.17. The summed E-state index contributed by atoms with van der Waals surface area (Å²) in [5.41, 5.74) is -0.00611. The van der Waals surface area contributed by atoms with Crippen molar-refractivity contribution in [1.82, 2.24) is 4.72 Å². The maximum absolute atomic E-state index is 13.6. The fourth-order valence-electron chi connectivity index (χ4n) is 2.21. The van der Waals surface area contributed by atoms with E-state index in [2.05, 4.69) is 4.72 Å². The molecule has 21 heavy (non-hydrogen) atoms. The minimum Gasteiger partial charge on any atom is -0.392 e. The summed E-state index contributed by atoms with van der Waals surface area (Å²) in [4.78, 5) is -0.793. The molecule has 0 aromatic heterocycles. The third-order valence-electron chi connectivity index (χ3n) is 3.31. The largest absolute Gasteiger partial charge is 0.392 e. The van der Waals surface area contributed by atoms with Crippen LogP contribution in [0.4, 0.5) is 8.78 Å². The third-order valence-corrected chi connectivity index (χ3v) is 4.77. The van der Waals surface area contributed by atoms with E-state index in [4.69, 9.17) is 9.84 Å². The molecule has 8 heteroatoms. The van der Waals surface area contributed by atoms with Crippen LogP contribution in [-0.2, 0) is 21.4 Å². The van der Waals surface area contributed by atoms with E-state index >= 15 is 0 Å². The van der Waals surface area contributed by atoms with Crippen LogP contribution in [0.1, 0.15) is 24.8 Å². The summed E-state index contributed by atoms with van der Waals surface area (Å²) in [6.07, 6.45) is 2.28. The van der Waals surface area contributed by atoms with E-state index in [1.165, 1.54) is 0 Å². The van der Waals surface area contributed by atoms with Crippen LogP contribution in [-0.4, -0.2) is 32.8 Å². The number of rotatable bonds is 6. The summed E-state index contributed by atoms with van der Waals surface area (Å²) in [6, 6.07) is 1.69. The van der Waals surface area contributed by atoms with Crippen LogP contribution in [0.5, 0.6) is 0 Å². The molecule has 1 atom stereocenters. The molecular weight excluding hydrogens is 304 g/mol. The zero-order valence-electron chi connectivity index (χ0n) is 11.3. The van der Waals surface area contributed by atoms with Crippen molar-refractivity contribution in [2.45, 2.75) is 36.9 Å². The maximum atomic E-state index is 13.6. The van der Waals surface area contributed by atoms with Crippen LogP contribution in [0, 0.1) is 11.6 Å². The molecule has 1 saturated heterocycles. The average Bonchev–Trinajstić information content (AvgIpc) is 2.94. The predicted molar refractivity (Wildman–Crippen MR) is 71.1 cm³/mol. The van der Waals surface area contributed by atoms with Gasteiger partial charge in [0, 0.05) is 13.2 Å². The highest BCUT2D eigenvalue weighted by Crippen LogP contribution is 2.20. The molecule has 2 rings (SSSR count). The van der Waals surface area contributed by atoms with Gasteiger partial charge in [-0.25, -0.2) is 21.9 Å². The Bertz CT molecular complexity index is 600. The Hall–Kier alpha value is -1.09. The first kappa shape index (κ1) is 16.3. The van der Waals surface area contributed by atoms with E-state index in [9.17, 15) is 17.2 Å². The topological polar surface area (TPSA) is 75.6 Å². The summed E-state index contributed by atoms with van der Waals surface area (Å²) >= 11 is 0. The van der Waals surface area contributed by atoms with Crippen LogP contribution in [0.25, 0.3) is 0 Å². The molecule has 0 amide bonds. The lowest BCUT2D eigenvalue weighted by molar-refractivity contribution is 0.105. The van der Waals surface area contributed by atoms with Gasteiger partial charge in [0.05, 0.1) is 12.7 Å². The molecule has 1 unspecified atom stereocenters. The maximum Gasteiger partial charge on any atom is 0.243 e. The number of hydrogen-bond acceptors (Lipinski definition) is 4. The van der Waals surface area contributed by atoms with E-state index in [0.717, 1.165) is 25.0 Å². The number of sulfonamides is 1. The number of hydrogen-bond donors (Lipinski definition) is 2. The Balaban J connectivity index is 2.09. The van der Waals surface area contributed by atoms with Gasteiger partial charge >= 0.3 is 0 Å². The van der Waals surface area contributed by atoms with Crippen molar-refractivity contribution in [2.75, 3.05) is 13.2 Å². The molecule has 1 fully saturated rings. The van der Waals surface area contributed by atoms with Crippen molar-refractivity contribution < 1.29 is 27.0 Å². The van der Waals surface area contributed by atoms with Gasteiger partial charge < -0.3 is 9.84 Å². The van der Waals surface area contributed by atoms with Gasteiger partial charge in [0.25, 0.3) is 0 Å². The van der Waals surface area contributed by atoms with Crippen molar-refractivity contribution in [3.8, 4) is 0 Å². The minimum absolute atomic E-state index is 0.00180. The molecule has 0 bridgehead atoms. The second-order valence-corrected chi connectivity index (χ2v) is 6.60. The van der Waals surface area contributed by atoms with Gasteiger partial charge in [-0.2, -0.15) is 0 Å². The zero-order chi connectivity index (χ0) is 15.5.